The van der Waals surface area contributed by atoms with Gasteiger partial charge in [0, 0.05) is 35.6 Å². The summed E-state index contributed by atoms with van der Waals surface area (Å²) in [6.07, 6.45) is 3.79. The van der Waals surface area contributed by atoms with E-state index < -0.39 is 0 Å². The first-order chi connectivity index (χ1) is 14.1. The summed E-state index contributed by atoms with van der Waals surface area (Å²) >= 11 is 3.36. The number of nitrogens with one attached hydrogen (secondary N) is 2. The molecular weight excluding hydrogens is 436 g/mol. The number of carbonyl (C=O) groups excluding carboxylic acids is 1. The zero-order valence-electron chi connectivity index (χ0n) is 15.7. The number of aromatic nitrogens is 2. The van der Waals surface area contributed by atoms with Crippen LogP contribution in [0.1, 0.15) is 28.9 Å². The molecule has 0 bridgehead atoms. The number of anilines is 1. The van der Waals surface area contributed by atoms with Gasteiger partial charge in [0.1, 0.15) is 5.65 Å². The van der Waals surface area contributed by atoms with E-state index in [9.17, 15) is 9.59 Å². The standard InChI is InChI=1S/C21H21BrN4O3/c22-14-7-8-19-25-15(10-20(27)26(19)13-14)11-23-18-6-2-1-5-17(18)21(28)24-12-16-4-3-9-29-16/h1-2,5-8,10,13,16,23H,3-4,9,11-12H2,(H,24,28). The minimum absolute atomic E-state index is 0.0916. The normalized spacial score (nSPS) is 16.1. The Morgan fingerprint density at radius 2 is 2.14 bits per heavy atom. The number of nitrogens with zero attached hydrogens (tertiary/aromatic N) is 2. The van der Waals surface area contributed by atoms with Gasteiger partial charge in [-0.05, 0) is 53.0 Å². The van der Waals surface area contributed by atoms with Gasteiger partial charge in [-0.1, -0.05) is 12.1 Å². The molecule has 1 amide bonds. The Kier molecular flexibility index (Phi) is 5.92. The van der Waals surface area contributed by atoms with Crippen molar-refractivity contribution in [3.05, 3.63) is 74.7 Å². The van der Waals surface area contributed by atoms with E-state index >= 15 is 0 Å². The number of benzene rings is 1. The molecular formula is C21H21BrN4O3. The molecule has 7 nitrogen and oxygen atoms in total. The van der Waals surface area contributed by atoms with Gasteiger partial charge < -0.3 is 15.4 Å². The van der Waals surface area contributed by atoms with Crippen LogP contribution in [0.2, 0.25) is 0 Å². The molecule has 0 aliphatic carbocycles. The number of para-hydroxylation sites is 1. The fraction of sp³-hybridized carbons (Fsp3) is 0.286. The lowest BCUT2D eigenvalue weighted by atomic mass is 10.1. The molecule has 3 aromatic rings. The Morgan fingerprint density at radius 1 is 1.28 bits per heavy atom. The van der Waals surface area contributed by atoms with Gasteiger partial charge in [-0.25, -0.2) is 4.98 Å². The van der Waals surface area contributed by atoms with Gasteiger partial charge in [0.25, 0.3) is 11.5 Å². The first-order valence-corrected chi connectivity index (χ1v) is 10.3. The van der Waals surface area contributed by atoms with E-state index in [1.807, 2.05) is 24.3 Å². The zero-order chi connectivity index (χ0) is 20.2. The van der Waals surface area contributed by atoms with Gasteiger partial charge in [-0.15, -0.1) is 0 Å². The summed E-state index contributed by atoms with van der Waals surface area (Å²) in [6, 6.07) is 12.4. The quantitative estimate of drug-likeness (QED) is 0.595. The molecule has 3 heterocycles. The van der Waals surface area contributed by atoms with Crippen molar-refractivity contribution in [2.75, 3.05) is 18.5 Å². The summed E-state index contributed by atoms with van der Waals surface area (Å²) in [5.74, 6) is -0.153. The second kappa shape index (κ2) is 8.75. The molecule has 4 rings (SSSR count). The third-order valence-corrected chi connectivity index (χ3v) is 5.29. The molecule has 1 atom stereocenters. The number of amides is 1. The average Bonchev–Trinajstić information content (AvgIpc) is 3.25. The highest BCUT2D eigenvalue weighted by atomic mass is 79.9. The molecule has 1 aliphatic rings. The van der Waals surface area contributed by atoms with Crippen LogP contribution in [0.3, 0.4) is 0 Å². The van der Waals surface area contributed by atoms with Crippen molar-refractivity contribution in [2.24, 2.45) is 0 Å². The van der Waals surface area contributed by atoms with Crippen LogP contribution in [0.15, 0.2) is 57.9 Å². The van der Waals surface area contributed by atoms with Crippen molar-refractivity contribution in [2.45, 2.75) is 25.5 Å². The van der Waals surface area contributed by atoms with E-state index in [4.69, 9.17) is 4.74 Å². The van der Waals surface area contributed by atoms with E-state index in [1.165, 1.54) is 10.5 Å². The lowest BCUT2D eigenvalue weighted by Gasteiger charge is -2.14. The summed E-state index contributed by atoms with van der Waals surface area (Å²) in [7, 11) is 0. The Hall–Kier alpha value is -2.71. The second-order valence-corrected chi connectivity index (χ2v) is 7.82. The third kappa shape index (κ3) is 4.65. The summed E-state index contributed by atoms with van der Waals surface area (Å²) in [5, 5.41) is 6.17. The van der Waals surface area contributed by atoms with Crippen LogP contribution in [-0.4, -0.2) is 34.5 Å². The Labute approximate surface area is 176 Å². The van der Waals surface area contributed by atoms with Crippen LogP contribution in [0.4, 0.5) is 5.69 Å². The maximum absolute atomic E-state index is 12.6. The Balaban J connectivity index is 1.47. The molecule has 0 spiro atoms. The van der Waals surface area contributed by atoms with Gasteiger partial charge in [-0.3, -0.25) is 14.0 Å². The van der Waals surface area contributed by atoms with Crippen molar-refractivity contribution in [1.29, 1.82) is 0 Å². The van der Waals surface area contributed by atoms with Crippen molar-refractivity contribution < 1.29 is 9.53 Å². The van der Waals surface area contributed by atoms with E-state index in [1.54, 1.807) is 18.3 Å². The zero-order valence-corrected chi connectivity index (χ0v) is 17.3. The largest absolute Gasteiger partial charge is 0.379 e. The molecule has 0 radical (unpaired) electrons. The fourth-order valence-electron chi connectivity index (χ4n) is 3.34. The fourth-order valence-corrected chi connectivity index (χ4v) is 3.68. The van der Waals surface area contributed by atoms with Crippen LogP contribution in [0.25, 0.3) is 5.65 Å². The highest BCUT2D eigenvalue weighted by Gasteiger charge is 2.18. The molecule has 1 saturated heterocycles. The summed E-state index contributed by atoms with van der Waals surface area (Å²) in [4.78, 5) is 29.5. The maximum atomic E-state index is 12.6. The monoisotopic (exact) mass is 456 g/mol. The second-order valence-electron chi connectivity index (χ2n) is 6.91. The van der Waals surface area contributed by atoms with E-state index in [0.717, 1.165) is 23.9 Å². The molecule has 1 aromatic carbocycles. The molecule has 1 fully saturated rings. The van der Waals surface area contributed by atoms with Gasteiger partial charge in [0.05, 0.1) is 23.9 Å². The van der Waals surface area contributed by atoms with E-state index in [2.05, 4.69) is 31.5 Å². The molecule has 2 N–H and O–H groups in total. The summed E-state index contributed by atoms with van der Waals surface area (Å²) in [5.41, 5.74) is 2.25. The first-order valence-electron chi connectivity index (χ1n) is 9.51. The lowest BCUT2D eigenvalue weighted by molar-refractivity contribution is 0.0858. The van der Waals surface area contributed by atoms with Crippen LogP contribution < -0.4 is 16.2 Å². The Morgan fingerprint density at radius 3 is 2.97 bits per heavy atom. The first kappa shape index (κ1) is 19.6. The topological polar surface area (TPSA) is 84.7 Å². The molecule has 1 unspecified atom stereocenters. The molecule has 29 heavy (non-hydrogen) atoms. The minimum atomic E-state index is -0.157. The number of pyridine rings is 1. The SMILES string of the molecule is O=C(NCC1CCCO1)c1ccccc1NCc1cc(=O)n2cc(Br)ccc2n1. The van der Waals surface area contributed by atoms with Gasteiger partial charge in [0.2, 0.25) is 0 Å². The van der Waals surface area contributed by atoms with Crippen molar-refractivity contribution >= 4 is 33.2 Å². The van der Waals surface area contributed by atoms with Crippen LogP contribution in [0.5, 0.6) is 0 Å². The van der Waals surface area contributed by atoms with Crippen molar-refractivity contribution in [3.8, 4) is 0 Å². The van der Waals surface area contributed by atoms with Gasteiger partial charge in [0.15, 0.2) is 0 Å². The van der Waals surface area contributed by atoms with Crippen LogP contribution in [-0.2, 0) is 11.3 Å². The highest BCUT2D eigenvalue weighted by Crippen LogP contribution is 2.17. The smallest absolute Gasteiger partial charge is 0.258 e. The number of ether oxygens (including phenoxy) is 1. The van der Waals surface area contributed by atoms with E-state index in [-0.39, 0.29) is 17.6 Å². The Bertz CT molecular complexity index is 1090. The van der Waals surface area contributed by atoms with Crippen molar-refractivity contribution in [3.63, 3.8) is 0 Å². The molecule has 0 saturated carbocycles. The third-order valence-electron chi connectivity index (χ3n) is 4.82. The number of halogens is 1. The number of fused-ring (bicyclic) bond motifs is 1. The predicted octanol–water partition coefficient (Wildman–Crippen LogP) is 2.98. The van der Waals surface area contributed by atoms with Crippen LogP contribution in [0, 0.1) is 0 Å². The molecule has 2 aromatic heterocycles. The van der Waals surface area contributed by atoms with Crippen LogP contribution >= 0.6 is 15.9 Å². The van der Waals surface area contributed by atoms with Gasteiger partial charge >= 0.3 is 0 Å². The summed E-state index contributed by atoms with van der Waals surface area (Å²) in [6.45, 7) is 1.60. The van der Waals surface area contributed by atoms with E-state index in [0.29, 0.717) is 35.7 Å². The minimum Gasteiger partial charge on any atom is -0.379 e. The number of hydrogen-bond donors (Lipinski definition) is 2. The number of carbonyl (C=O) groups is 1. The average molecular weight is 457 g/mol. The predicted molar refractivity (Wildman–Crippen MR) is 114 cm³/mol. The molecule has 8 heteroatoms. The maximum Gasteiger partial charge on any atom is 0.258 e. The molecule has 150 valence electrons. The lowest BCUT2D eigenvalue weighted by Crippen LogP contribution is -2.32. The van der Waals surface area contributed by atoms with Crippen molar-refractivity contribution in [1.82, 2.24) is 14.7 Å². The highest BCUT2D eigenvalue weighted by molar-refractivity contribution is 9.10. The number of hydrogen-bond acceptors (Lipinski definition) is 5. The number of rotatable bonds is 6. The summed E-state index contributed by atoms with van der Waals surface area (Å²) < 4.78 is 7.85. The van der Waals surface area contributed by atoms with Gasteiger partial charge in [-0.2, -0.15) is 0 Å². The molecule has 1 aliphatic heterocycles.